The zero-order valence-corrected chi connectivity index (χ0v) is 20.8. The second-order valence-electron chi connectivity index (χ2n) is 9.91. The molecular formula is C27H21ClN8O2. The minimum atomic E-state index is -0.126. The summed E-state index contributed by atoms with van der Waals surface area (Å²) in [6.45, 7) is 1.45. The molecule has 5 heterocycles. The first-order valence-electron chi connectivity index (χ1n) is 12.5. The Kier molecular flexibility index (Phi) is 4.57. The lowest BCUT2D eigenvalue weighted by Gasteiger charge is -2.19. The number of halogens is 1. The maximum Gasteiger partial charge on any atom is 0.252 e. The molecule has 3 atom stereocenters. The van der Waals surface area contributed by atoms with E-state index >= 15 is 0 Å². The lowest BCUT2D eigenvalue weighted by atomic mass is 10.0. The van der Waals surface area contributed by atoms with Gasteiger partial charge in [-0.1, -0.05) is 17.7 Å². The molecule has 1 saturated carbocycles. The van der Waals surface area contributed by atoms with Gasteiger partial charge in [-0.3, -0.25) is 4.79 Å². The molecule has 3 aliphatic rings. The first-order chi connectivity index (χ1) is 18.6. The molecule has 0 radical (unpaired) electrons. The number of hydrogen-bond donors (Lipinski definition) is 2. The highest BCUT2D eigenvalue weighted by Gasteiger charge is 2.54. The molecule has 0 saturated heterocycles. The number of aromatic amines is 1. The lowest BCUT2D eigenvalue weighted by molar-refractivity contribution is 0.323. The van der Waals surface area contributed by atoms with Gasteiger partial charge in [0.25, 0.3) is 5.56 Å². The summed E-state index contributed by atoms with van der Waals surface area (Å²) in [5.74, 6) is 2.30. The summed E-state index contributed by atoms with van der Waals surface area (Å²) in [6.07, 6.45) is 4.39. The van der Waals surface area contributed by atoms with Crippen LogP contribution in [0.15, 0.2) is 65.8 Å². The van der Waals surface area contributed by atoms with E-state index in [-0.39, 0.29) is 11.6 Å². The number of nitrogens with zero attached hydrogens (tertiary/aromatic N) is 6. The largest absolute Gasteiger partial charge is 0.490 e. The maximum atomic E-state index is 13.6. The quantitative estimate of drug-likeness (QED) is 0.364. The van der Waals surface area contributed by atoms with Gasteiger partial charge in [-0.2, -0.15) is 4.68 Å². The Labute approximate surface area is 221 Å². The van der Waals surface area contributed by atoms with Crippen LogP contribution in [-0.4, -0.2) is 47.9 Å². The summed E-state index contributed by atoms with van der Waals surface area (Å²) in [5.41, 5.74) is 6.20. The van der Waals surface area contributed by atoms with Crippen molar-refractivity contribution in [3.8, 4) is 33.8 Å². The molecule has 0 spiro atoms. The van der Waals surface area contributed by atoms with Gasteiger partial charge < -0.3 is 19.6 Å². The van der Waals surface area contributed by atoms with Crippen LogP contribution in [0.3, 0.4) is 0 Å². The van der Waals surface area contributed by atoms with Crippen molar-refractivity contribution in [3.63, 3.8) is 0 Å². The van der Waals surface area contributed by atoms with Crippen LogP contribution in [0.5, 0.6) is 5.75 Å². The number of hydrogen-bond acceptors (Lipinski definition) is 7. The van der Waals surface area contributed by atoms with Crippen molar-refractivity contribution in [2.45, 2.75) is 18.4 Å². The summed E-state index contributed by atoms with van der Waals surface area (Å²) in [6, 6.07) is 15.2. The van der Waals surface area contributed by atoms with Gasteiger partial charge in [0.1, 0.15) is 24.5 Å². The molecule has 3 unspecified atom stereocenters. The number of benzene rings is 2. The Morgan fingerprint density at radius 3 is 2.92 bits per heavy atom. The van der Waals surface area contributed by atoms with Gasteiger partial charge in [-0.25, -0.2) is 4.98 Å². The summed E-state index contributed by atoms with van der Waals surface area (Å²) >= 11 is 6.35. The first-order valence-corrected chi connectivity index (χ1v) is 12.9. The van der Waals surface area contributed by atoms with E-state index in [9.17, 15) is 4.79 Å². The lowest BCUT2D eigenvalue weighted by Crippen LogP contribution is -2.26. The monoisotopic (exact) mass is 524 g/mol. The molecule has 2 N–H and O–H groups in total. The van der Waals surface area contributed by atoms with Gasteiger partial charge in [0.15, 0.2) is 0 Å². The van der Waals surface area contributed by atoms with Crippen LogP contribution in [0, 0.1) is 5.92 Å². The number of tetrazole rings is 1. The van der Waals surface area contributed by atoms with E-state index in [1.165, 1.54) is 6.33 Å². The van der Waals surface area contributed by atoms with Gasteiger partial charge in [0.2, 0.25) is 0 Å². The Balaban J connectivity index is 1.18. The molecule has 2 aliphatic heterocycles. The van der Waals surface area contributed by atoms with Gasteiger partial charge in [-0.05, 0) is 64.7 Å². The van der Waals surface area contributed by atoms with Crippen molar-refractivity contribution in [2.24, 2.45) is 5.92 Å². The minimum absolute atomic E-state index is 0.0662. The van der Waals surface area contributed by atoms with E-state index < -0.39 is 0 Å². The number of ether oxygens (including phenoxy) is 1. The molecule has 8 rings (SSSR count). The van der Waals surface area contributed by atoms with Crippen LogP contribution in [0.2, 0.25) is 5.02 Å². The zero-order chi connectivity index (χ0) is 25.4. The van der Waals surface area contributed by atoms with Crippen LogP contribution in [-0.2, 0) is 0 Å². The Morgan fingerprint density at radius 2 is 2.03 bits per heavy atom. The third-order valence-corrected chi connectivity index (χ3v) is 7.95. The molecule has 1 fully saturated rings. The van der Waals surface area contributed by atoms with Gasteiger partial charge >= 0.3 is 0 Å². The van der Waals surface area contributed by atoms with Crippen LogP contribution >= 0.6 is 11.6 Å². The van der Waals surface area contributed by atoms with Crippen LogP contribution in [0.25, 0.3) is 28.1 Å². The van der Waals surface area contributed by atoms with E-state index in [0.29, 0.717) is 23.5 Å². The summed E-state index contributed by atoms with van der Waals surface area (Å²) in [5, 5.41) is 15.4. The number of fused-ring (bicyclic) bond motifs is 4. The van der Waals surface area contributed by atoms with E-state index in [1.807, 2.05) is 41.1 Å². The van der Waals surface area contributed by atoms with Crippen LogP contribution in [0.4, 0.5) is 5.69 Å². The third kappa shape index (κ3) is 3.30. The average Bonchev–Trinajstić information content (AvgIpc) is 3.29. The molecular weight excluding hydrogens is 504 g/mol. The maximum absolute atomic E-state index is 13.6. The molecule has 0 bridgehead atoms. The molecule has 10 nitrogen and oxygen atoms in total. The van der Waals surface area contributed by atoms with E-state index in [0.717, 1.165) is 64.0 Å². The van der Waals surface area contributed by atoms with E-state index in [4.69, 9.17) is 21.3 Å². The highest BCUT2D eigenvalue weighted by atomic mass is 35.5. The normalized spacial score (nSPS) is 20.7. The SMILES string of the molecule is O=c1cc(-c2cc(Cl)ccc2-n2cnnn2)cc2n1C(c1ncc(-c3ccc4c(c3)OCCN4)[nH]1)C1CC21. The van der Waals surface area contributed by atoms with Crippen molar-refractivity contribution in [1.82, 2.24) is 34.7 Å². The second kappa shape index (κ2) is 8.03. The number of pyridine rings is 1. The topological polar surface area (TPSA) is 116 Å². The molecule has 1 aliphatic carbocycles. The number of anilines is 1. The number of imidazole rings is 1. The van der Waals surface area contributed by atoms with Gasteiger partial charge in [-0.15, -0.1) is 5.10 Å². The smallest absolute Gasteiger partial charge is 0.252 e. The zero-order valence-electron chi connectivity index (χ0n) is 20.0. The standard InChI is InChI=1S/C27H21ClN8O2/c28-16-2-4-22(35-13-31-33-34-35)17(10-16)15-7-23-18-11-19(18)26(36(23)25(37)9-15)27-30-12-21(32-27)14-1-3-20-24(8-14)38-6-5-29-20/h1-4,7-10,12-13,18-19,26,29H,5-6,11H2,(H,30,32). The molecule has 3 aromatic heterocycles. The molecule has 11 heteroatoms. The fourth-order valence-corrected chi connectivity index (χ4v) is 6.08. The summed E-state index contributed by atoms with van der Waals surface area (Å²) in [4.78, 5) is 21.8. The number of aromatic nitrogens is 7. The van der Waals surface area contributed by atoms with Crippen molar-refractivity contribution >= 4 is 17.3 Å². The van der Waals surface area contributed by atoms with Crippen LogP contribution in [0.1, 0.15) is 29.9 Å². The van der Waals surface area contributed by atoms with Crippen molar-refractivity contribution in [1.29, 1.82) is 0 Å². The van der Waals surface area contributed by atoms with Gasteiger partial charge in [0.05, 0.1) is 29.3 Å². The predicted molar refractivity (Wildman–Crippen MR) is 141 cm³/mol. The second-order valence-corrected chi connectivity index (χ2v) is 10.3. The molecule has 188 valence electrons. The van der Waals surface area contributed by atoms with E-state index in [1.54, 1.807) is 16.8 Å². The third-order valence-electron chi connectivity index (χ3n) is 7.71. The molecule has 5 aromatic rings. The predicted octanol–water partition coefficient (Wildman–Crippen LogP) is 4.05. The molecule has 0 amide bonds. The molecule has 2 aromatic carbocycles. The molecule has 38 heavy (non-hydrogen) atoms. The fraction of sp³-hybridized carbons (Fsp3) is 0.222. The highest BCUT2D eigenvalue weighted by Crippen LogP contribution is 2.60. The van der Waals surface area contributed by atoms with Crippen molar-refractivity contribution in [2.75, 3.05) is 18.5 Å². The Bertz CT molecular complexity index is 1780. The average molecular weight is 525 g/mol. The number of rotatable bonds is 4. The van der Waals surface area contributed by atoms with Crippen LogP contribution < -0.4 is 15.6 Å². The van der Waals surface area contributed by atoms with E-state index in [2.05, 4.69) is 31.9 Å². The fourth-order valence-electron chi connectivity index (χ4n) is 5.91. The Hall–Kier alpha value is -4.44. The summed E-state index contributed by atoms with van der Waals surface area (Å²) in [7, 11) is 0. The Morgan fingerprint density at radius 1 is 1.08 bits per heavy atom. The van der Waals surface area contributed by atoms with Crippen molar-refractivity contribution < 1.29 is 4.74 Å². The highest BCUT2D eigenvalue weighted by molar-refractivity contribution is 6.31. The summed E-state index contributed by atoms with van der Waals surface area (Å²) < 4.78 is 9.27. The van der Waals surface area contributed by atoms with Crippen molar-refractivity contribution in [3.05, 3.63) is 87.9 Å². The minimum Gasteiger partial charge on any atom is -0.490 e. The number of H-pyrrole nitrogens is 1. The first kappa shape index (κ1) is 21.6. The number of nitrogens with one attached hydrogen (secondary N) is 2. The van der Waals surface area contributed by atoms with Gasteiger partial charge in [0, 0.05) is 40.4 Å².